The number of fused-ring (bicyclic) bond motifs is 1. The van der Waals surface area contributed by atoms with Crippen LogP contribution in [-0.2, 0) is 10.0 Å². The average Bonchev–Trinajstić information content (AvgIpc) is 3.27. The summed E-state index contributed by atoms with van der Waals surface area (Å²) in [5.41, 5.74) is 2.05. The second kappa shape index (κ2) is 5.06. The smallest absolute Gasteiger partial charge is 0.261 e. The van der Waals surface area contributed by atoms with Crippen LogP contribution in [0.15, 0.2) is 47.4 Å². The van der Waals surface area contributed by atoms with Crippen LogP contribution in [0.2, 0.25) is 0 Å². The first kappa shape index (κ1) is 14.2. The molecule has 0 bridgehead atoms. The van der Waals surface area contributed by atoms with Crippen LogP contribution in [0.25, 0.3) is 11.0 Å². The van der Waals surface area contributed by atoms with Gasteiger partial charge in [-0.15, -0.1) is 0 Å². The Morgan fingerprint density at radius 3 is 2.57 bits per heavy atom. The molecule has 2 N–H and O–H groups in total. The van der Waals surface area contributed by atoms with Gasteiger partial charge in [0.1, 0.15) is 11.6 Å². The van der Waals surface area contributed by atoms with E-state index in [2.05, 4.69) is 14.7 Å². The van der Waals surface area contributed by atoms with Crippen LogP contribution in [0.3, 0.4) is 0 Å². The molecule has 1 heterocycles. The van der Waals surface area contributed by atoms with Crippen LogP contribution in [0.1, 0.15) is 24.6 Å². The molecule has 1 aromatic heterocycles. The summed E-state index contributed by atoms with van der Waals surface area (Å²) in [4.78, 5) is 7.76. The Kier molecular flexibility index (Phi) is 3.12. The molecule has 1 saturated carbocycles. The van der Waals surface area contributed by atoms with E-state index in [9.17, 15) is 12.8 Å². The molecular formula is C16H14FN3O2S. The average molecular weight is 331 g/mol. The van der Waals surface area contributed by atoms with Crippen molar-refractivity contribution in [2.75, 3.05) is 4.72 Å². The summed E-state index contributed by atoms with van der Waals surface area (Å²) < 4.78 is 40.1. The molecule has 1 fully saturated rings. The van der Waals surface area contributed by atoms with Crippen molar-refractivity contribution in [1.82, 2.24) is 9.97 Å². The number of benzene rings is 2. The molecule has 1 aliphatic carbocycles. The fraction of sp³-hybridized carbons (Fsp3) is 0.188. The summed E-state index contributed by atoms with van der Waals surface area (Å²) in [5.74, 6) is 0.982. The van der Waals surface area contributed by atoms with E-state index in [0.717, 1.165) is 41.8 Å². The third kappa shape index (κ3) is 2.79. The van der Waals surface area contributed by atoms with Crippen molar-refractivity contribution in [3.05, 3.63) is 54.1 Å². The molecule has 7 heteroatoms. The van der Waals surface area contributed by atoms with Crippen molar-refractivity contribution < 1.29 is 12.8 Å². The van der Waals surface area contributed by atoms with Crippen LogP contribution in [-0.4, -0.2) is 18.4 Å². The molecule has 0 amide bonds. The molecule has 23 heavy (non-hydrogen) atoms. The summed E-state index contributed by atoms with van der Waals surface area (Å²) in [6.07, 6.45) is 2.29. The van der Waals surface area contributed by atoms with Gasteiger partial charge in [-0.05, 0) is 55.3 Å². The first-order valence-corrected chi connectivity index (χ1v) is 8.78. The highest BCUT2D eigenvalue weighted by Crippen LogP contribution is 2.39. The van der Waals surface area contributed by atoms with E-state index in [0.29, 0.717) is 11.6 Å². The fourth-order valence-corrected chi connectivity index (χ4v) is 3.52. The third-order valence-corrected chi connectivity index (χ3v) is 5.24. The van der Waals surface area contributed by atoms with E-state index in [1.807, 2.05) is 0 Å². The lowest BCUT2D eigenvalue weighted by atomic mass is 10.3. The molecule has 118 valence electrons. The predicted octanol–water partition coefficient (Wildman–Crippen LogP) is 3.38. The Morgan fingerprint density at radius 2 is 1.87 bits per heavy atom. The molecule has 0 saturated heterocycles. The van der Waals surface area contributed by atoms with E-state index in [-0.39, 0.29) is 4.90 Å². The number of imidazole rings is 1. The van der Waals surface area contributed by atoms with Crippen molar-refractivity contribution in [3.63, 3.8) is 0 Å². The number of rotatable bonds is 4. The van der Waals surface area contributed by atoms with E-state index in [1.54, 1.807) is 18.2 Å². The number of halogens is 1. The topological polar surface area (TPSA) is 74.8 Å². The quantitative estimate of drug-likeness (QED) is 0.769. The molecule has 0 radical (unpaired) electrons. The zero-order valence-electron chi connectivity index (χ0n) is 12.1. The van der Waals surface area contributed by atoms with Gasteiger partial charge in [0.25, 0.3) is 10.0 Å². The Labute approximate surface area is 132 Å². The maximum atomic E-state index is 12.9. The second-order valence-corrected chi connectivity index (χ2v) is 7.37. The Hall–Kier alpha value is -2.41. The monoisotopic (exact) mass is 331 g/mol. The van der Waals surface area contributed by atoms with Gasteiger partial charge in [0.2, 0.25) is 0 Å². The van der Waals surface area contributed by atoms with Gasteiger partial charge in [-0.1, -0.05) is 0 Å². The molecule has 4 rings (SSSR count). The molecule has 0 aliphatic heterocycles. The van der Waals surface area contributed by atoms with E-state index < -0.39 is 15.8 Å². The minimum absolute atomic E-state index is 0.0160. The highest BCUT2D eigenvalue weighted by Gasteiger charge is 2.26. The third-order valence-electron chi connectivity index (χ3n) is 3.84. The predicted molar refractivity (Wildman–Crippen MR) is 85.3 cm³/mol. The summed E-state index contributed by atoms with van der Waals surface area (Å²) in [6.45, 7) is 0. The molecule has 0 spiro atoms. The summed E-state index contributed by atoms with van der Waals surface area (Å²) in [5, 5.41) is 0. The van der Waals surface area contributed by atoms with Crippen LogP contribution in [0.4, 0.5) is 10.1 Å². The van der Waals surface area contributed by atoms with Gasteiger partial charge >= 0.3 is 0 Å². The van der Waals surface area contributed by atoms with Crippen LogP contribution < -0.4 is 4.72 Å². The van der Waals surface area contributed by atoms with E-state index in [4.69, 9.17) is 0 Å². The van der Waals surface area contributed by atoms with Crippen molar-refractivity contribution in [1.29, 1.82) is 0 Å². The van der Waals surface area contributed by atoms with Crippen molar-refractivity contribution in [2.45, 2.75) is 23.7 Å². The van der Waals surface area contributed by atoms with Gasteiger partial charge in [0, 0.05) is 5.92 Å². The number of H-pyrrole nitrogens is 1. The number of hydrogen-bond acceptors (Lipinski definition) is 3. The Balaban J connectivity index is 1.64. The molecule has 1 aliphatic rings. The highest BCUT2D eigenvalue weighted by molar-refractivity contribution is 7.92. The maximum absolute atomic E-state index is 12.9. The van der Waals surface area contributed by atoms with E-state index in [1.165, 1.54) is 12.1 Å². The number of aromatic nitrogens is 2. The molecule has 0 atom stereocenters. The molecule has 5 nitrogen and oxygen atoms in total. The van der Waals surface area contributed by atoms with Crippen molar-refractivity contribution >= 4 is 26.7 Å². The Bertz CT molecular complexity index is 976. The summed E-state index contributed by atoms with van der Waals surface area (Å²) >= 11 is 0. The summed E-state index contributed by atoms with van der Waals surface area (Å²) in [7, 11) is -3.75. The molecule has 3 aromatic rings. The van der Waals surface area contributed by atoms with Crippen LogP contribution in [0, 0.1) is 5.82 Å². The van der Waals surface area contributed by atoms with Crippen molar-refractivity contribution in [3.8, 4) is 0 Å². The van der Waals surface area contributed by atoms with E-state index >= 15 is 0 Å². The molecule has 0 unspecified atom stereocenters. The number of anilines is 1. The normalized spacial score (nSPS) is 15.0. The van der Waals surface area contributed by atoms with Gasteiger partial charge in [-0.25, -0.2) is 17.8 Å². The first-order chi connectivity index (χ1) is 11.0. The van der Waals surface area contributed by atoms with Gasteiger partial charge in [-0.2, -0.15) is 0 Å². The van der Waals surface area contributed by atoms with Gasteiger partial charge in [0.05, 0.1) is 21.6 Å². The highest BCUT2D eigenvalue weighted by atomic mass is 32.2. The molecule has 2 aromatic carbocycles. The molecular weight excluding hydrogens is 317 g/mol. The summed E-state index contributed by atoms with van der Waals surface area (Å²) in [6, 6.07) is 9.87. The van der Waals surface area contributed by atoms with Crippen molar-refractivity contribution in [2.24, 2.45) is 0 Å². The lowest BCUT2D eigenvalue weighted by Crippen LogP contribution is -2.12. The van der Waals surface area contributed by atoms with Gasteiger partial charge in [-0.3, -0.25) is 4.72 Å². The van der Waals surface area contributed by atoms with Gasteiger partial charge in [0.15, 0.2) is 0 Å². The maximum Gasteiger partial charge on any atom is 0.261 e. The SMILES string of the molecule is O=S(=O)(Nc1ccc2nc(C3CC3)[nH]c2c1)c1ccc(F)cc1. The largest absolute Gasteiger partial charge is 0.342 e. The lowest BCUT2D eigenvalue weighted by Gasteiger charge is -2.08. The Morgan fingerprint density at radius 1 is 1.13 bits per heavy atom. The first-order valence-electron chi connectivity index (χ1n) is 7.29. The minimum atomic E-state index is -3.75. The lowest BCUT2D eigenvalue weighted by molar-refractivity contribution is 0.599. The second-order valence-electron chi connectivity index (χ2n) is 5.69. The fourth-order valence-electron chi connectivity index (χ4n) is 2.47. The zero-order valence-corrected chi connectivity index (χ0v) is 12.9. The number of hydrogen-bond donors (Lipinski definition) is 2. The number of aromatic amines is 1. The van der Waals surface area contributed by atoms with Gasteiger partial charge < -0.3 is 4.98 Å². The minimum Gasteiger partial charge on any atom is -0.342 e. The van der Waals surface area contributed by atoms with Crippen LogP contribution in [0.5, 0.6) is 0 Å². The van der Waals surface area contributed by atoms with Crippen LogP contribution >= 0.6 is 0 Å². The number of sulfonamides is 1. The zero-order chi connectivity index (χ0) is 16.0. The standard InChI is InChI=1S/C16H14FN3O2S/c17-11-3-6-13(7-4-11)23(21,22)20-12-5-8-14-15(9-12)19-16(18-14)10-1-2-10/h3-10,20H,1-2H2,(H,18,19). The number of nitrogens with zero attached hydrogens (tertiary/aromatic N) is 1. The number of nitrogens with one attached hydrogen (secondary N) is 2.